The van der Waals surface area contributed by atoms with E-state index in [9.17, 15) is 4.79 Å². The Labute approximate surface area is 169 Å². The van der Waals surface area contributed by atoms with Crippen LogP contribution < -0.4 is 14.8 Å². The summed E-state index contributed by atoms with van der Waals surface area (Å²) in [6.07, 6.45) is 4.34. The molecule has 0 saturated heterocycles. The molecule has 7 heteroatoms. The fourth-order valence-corrected chi connectivity index (χ4v) is 2.74. The van der Waals surface area contributed by atoms with Crippen LogP contribution in [0.3, 0.4) is 0 Å². The summed E-state index contributed by atoms with van der Waals surface area (Å²) in [5.74, 6) is 0.678. The lowest BCUT2D eigenvalue weighted by Crippen LogP contribution is -2.30. The molecule has 0 unspecified atom stereocenters. The minimum Gasteiger partial charge on any atom is -0.490 e. The average Bonchev–Trinajstić information content (AvgIpc) is 3.28. The van der Waals surface area contributed by atoms with Gasteiger partial charge in [0.2, 0.25) is 0 Å². The van der Waals surface area contributed by atoms with Crippen LogP contribution in [0.5, 0.6) is 11.5 Å². The molecule has 0 atom stereocenters. The highest BCUT2D eigenvalue weighted by atomic mass is 16.5. The Morgan fingerprint density at radius 2 is 2.00 bits per heavy atom. The predicted octanol–water partition coefficient (Wildman–Crippen LogP) is 2.88. The number of rotatable bonds is 9. The lowest BCUT2D eigenvalue weighted by atomic mass is 10.1. The Balaban J connectivity index is 1.45. The summed E-state index contributed by atoms with van der Waals surface area (Å²) in [4.78, 5) is 12.1. The first-order valence-corrected chi connectivity index (χ1v) is 9.35. The molecule has 0 radical (unpaired) electrons. The van der Waals surface area contributed by atoms with Crippen molar-refractivity contribution in [3.05, 3.63) is 72.1 Å². The molecule has 2 aromatic carbocycles. The molecule has 1 N–H and O–H groups in total. The number of hydrogen-bond acceptors (Lipinski definition) is 5. The predicted molar refractivity (Wildman–Crippen MR) is 108 cm³/mol. The Morgan fingerprint density at radius 3 is 2.69 bits per heavy atom. The van der Waals surface area contributed by atoms with Crippen molar-refractivity contribution in [1.82, 2.24) is 15.1 Å². The minimum atomic E-state index is -0.218. The van der Waals surface area contributed by atoms with Crippen LogP contribution in [0.1, 0.15) is 18.1 Å². The highest BCUT2D eigenvalue weighted by molar-refractivity contribution is 5.77. The maximum Gasteiger partial charge on any atom is 0.257 e. The van der Waals surface area contributed by atoms with Gasteiger partial charge in [-0.1, -0.05) is 12.1 Å². The van der Waals surface area contributed by atoms with Crippen molar-refractivity contribution < 1.29 is 14.3 Å². The first-order chi connectivity index (χ1) is 14.2. The highest BCUT2D eigenvalue weighted by Crippen LogP contribution is 2.28. The molecule has 1 aromatic heterocycles. The average molecular weight is 390 g/mol. The number of nitrogens with one attached hydrogen (secondary N) is 1. The van der Waals surface area contributed by atoms with Crippen LogP contribution in [0.25, 0.3) is 5.69 Å². The van der Waals surface area contributed by atoms with Crippen molar-refractivity contribution in [2.75, 3.05) is 19.8 Å². The number of hydrogen-bond donors (Lipinski definition) is 1. The first kappa shape index (κ1) is 20.0. The van der Waals surface area contributed by atoms with Crippen molar-refractivity contribution in [2.24, 2.45) is 0 Å². The van der Waals surface area contributed by atoms with Crippen LogP contribution in [0.4, 0.5) is 0 Å². The quantitative estimate of drug-likeness (QED) is 0.607. The standard InChI is InChI=1S/C22H22N4O3/c1-2-28-21-14-18(15-23)6-9-20(21)29-16-22(27)24-12-10-17-4-7-19(8-5-17)26-13-3-11-25-26/h3-9,11,13-14H,2,10,12,16H2,1H3,(H,24,27). The zero-order chi connectivity index (χ0) is 20.5. The van der Waals surface area contributed by atoms with E-state index in [1.807, 2.05) is 43.5 Å². The van der Waals surface area contributed by atoms with Crippen molar-refractivity contribution >= 4 is 5.91 Å². The van der Waals surface area contributed by atoms with Crippen molar-refractivity contribution in [2.45, 2.75) is 13.3 Å². The van der Waals surface area contributed by atoms with Crippen LogP contribution >= 0.6 is 0 Å². The van der Waals surface area contributed by atoms with Crippen molar-refractivity contribution in [1.29, 1.82) is 5.26 Å². The second kappa shape index (κ2) is 9.95. The van der Waals surface area contributed by atoms with Crippen LogP contribution in [0.2, 0.25) is 0 Å². The summed E-state index contributed by atoms with van der Waals surface area (Å²) in [6, 6.07) is 16.8. The topological polar surface area (TPSA) is 89.2 Å². The molecular formula is C22H22N4O3. The van der Waals surface area contributed by atoms with Gasteiger partial charge in [0.25, 0.3) is 5.91 Å². The number of carbonyl (C=O) groups excluding carboxylic acids is 1. The van der Waals surface area contributed by atoms with Gasteiger partial charge in [-0.2, -0.15) is 10.4 Å². The Bertz CT molecular complexity index is 976. The van der Waals surface area contributed by atoms with Gasteiger partial charge < -0.3 is 14.8 Å². The number of benzene rings is 2. The second-order valence-electron chi connectivity index (χ2n) is 6.21. The Kier molecular flexibility index (Phi) is 6.85. The normalized spacial score (nSPS) is 10.2. The monoisotopic (exact) mass is 390 g/mol. The maximum absolute atomic E-state index is 12.1. The molecule has 0 saturated carbocycles. The van der Waals surface area contributed by atoms with Gasteiger partial charge in [0.05, 0.1) is 23.9 Å². The van der Waals surface area contributed by atoms with Gasteiger partial charge in [0, 0.05) is 25.0 Å². The van der Waals surface area contributed by atoms with Crippen LogP contribution in [0, 0.1) is 11.3 Å². The number of ether oxygens (including phenoxy) is 2. The third-order valence-electron chi connectivity index (χ3n) is 4.17. The lowest BCUT2D eigenvalue weighted by Gasteiger charge is -2.12. The molecule has 0 aliphatic rings. The smallest absolute Gasteiger partial charge is 0.257 e. The number of aromatic nitrogens is 2. The molecule has 0 bridgehead atoms. The molecule has 1 heterocycles. The summed E-state index contributed by atoms with van der Waals surface area (Å²) in [6.45, 7) is 2.67. The molecule has 3 aromatic rings. The van der Waals surface area contributed by atoms with E-state index in [0.29, 0.717) is 36.6 Å². The number of nitriles is 1. The van der Waals surface area contributed by atoms with Gasteiger partial charge in [-0.05, 0) is 49.2 Å². The molecule has 148 valence electrons. The number of nitrogens with zero attached hydrogens (tertiary/aromatic N) is 3. The summed E-state index contributed by atoms with van der Waals surface area (Å²) >= 11 is 0. The highest BCUT2D eigenvalue weighted by Gasteiger charge is 2.09. The molecule has 0 spiro atoms. The van der Waals surface area contributed by atoms with Crippen molar-refractivity contribution in [3.63, 3.8) is 0 Å². The summed E-state index contributed by atoms with van der Waals surface area (Å²) in [5, 5.41) is 16.0. The first-order valence-electron chi connectivity index (χ1n) is 9.35. The van der Waals surface area contributed by atoms with E-state index in [4.69, 9.17) is 14.7 Å². The molecule has 1 amide bonds. The summed E-state index contributed by atoms with van der Waals surface area (Å²) in [7, 11) is 0. The summed E-state index contributed by atoms with van der Waals surface area (Å²) in [5.41, 5.74) is 2.58. The molecule has 0 aliphatic heterocycles. The Morgan fingerprint density at radius 1 is 1.17 bits per heavy atom. The van der Waals surface area contributed by atoms with Crippen LogP contribution in [-0.4, -0.2) is 35.4 Å². The van der Waals surface area contributed by atoms with E-state index in [0.717, 1.165) is 11.3 Å². The number of carbonyl (C=O) groups is 1. The van der Waals surface area contributed by atoms with E-state index in [1.54, 1.807) is 29.1 Å². The number of amides is 1. The van der Waals surface area contributed by atoms with E-state index < -0.39 is 0 Å². The van der Waals surface area contributed by atoms with Gasteiger partial charge in [-0.3, -0.25) is 4.79 Å². The van der Waals surface area contributed by atoms with Gasteiger partial charge >= 0.3 is 0 Å². The third kappa shape index (κ3) is 5.59. The van der Waals surface area contributed by atoms with Crippen LogP contribution in [-0.2, 0) is 11.2 Å². The van der Waals surface area contributed by atoms with Gasteiger partial charge in [0.1, 0.15) is 0 Å². The maximum atomic E-state index is 12.1. The van der Waals surface area contributed by atoms with Crippen LogP contribution in [0.15, 0.2) is 60.9 Å². The molecule has 0 aliphatic carbocycles. The van der Waals surface area contributed by atoms with E-state index in [-0.39, 0.29) is 12.5 Å². The Hall–Kier alpha value is -3.79. The molecule has 29 heavy (non-hydrogen) atoms. The van der Waals surface area contributed by atoms with Gasteiger partial charge in [0.15, 0.2) is 18.1 Å². The van der Waals surface area contributed by atoms with E-state index >= 15 is 0 Å². The largest absolute Gasteiger partial charge is 0.490 e. The third-order valence-corrected chi connectivity index (χ3v) is 4.17. The fraction of sp³-hybridized carbons (Fsp3) is 0.227. The molecular weight excluding hydrogens is 368 g/mol. The fourth-order valence-electron chi connectivity index (χ4n) is 2.74. The van der Waals surface area contributed by atoms with E-state index in [2.05, 4.69) is 16.5 Å². The lowest BCUT2D eigenvalue weighted by molar-refractivity contribution is -0.123. The molecule has 0 fully saturated rings. The van der Waals surface area contributed by atoms with Crippen molar-refractivity contribution in [3.8, 4) is 23.3 Å². The second-order valence-corrected chi connectivity index (χ2v) is 6.21. The minimum absolute atomic E-state index is 0.121. The van der Waals surface area contributed by atoms with E-state index in [1.165, 1.54) is 0 Å². The van der Waals surface area contributed by atoms with Gasteiger partial charge in [-0.15, -0.1) is 0 Å². The zero-order valence-electron chi connectivity index (χ0n) is 16.2. The molecule has 3 rings (SSSR count). The summed E-state index contributed by atoms with van der Waals surface area (Å²) < 4.78 is 12.8. The SMILES string of the molecule is CCOc1cc(C#N)ccc1OCC(=O)NCCc1ccc(-n2cccn2)cc1. The zero-order valence-corrected chi connectivity index (χ0v) is 16.2. The molecule has 7 nitrogen and oxygen atoms in total. The van der Waals surface area contributed by atoms with Gasteiger partial charge in [-0.25, -0.2) is 4.68 Å².